The topological polar surface area (TPSA) is 86.7 Å². The standard InChI is InChI=1S/C16H20N2O4S/c19-14(17-9-12-3-4-13(23-12)16(21)22)10-5-7-18(8-6-10)15(20)11-1-2-11/h3-4,10-11H,1-2,5-9H2,(H,17,19)(H,21,22). The number of carbonyl (C=O) groups is 3. The highest BCUT2D eigenvalue weighted by Gasteiger charge is 2.35. The minimum atomic E-state index is -0.944. The number of thiophene rings is 1. The SMILES string of the molecule is O=C(O)c1ccc(CNC(=O)C2CCN(C(=O)C3CC3)CC2)s1. The summed E-state index contributed by atoms with van der Waals surface area (Å²) in [5.74, 6) is -0.516. The third-order valence-corrected chi connectivity index (χ3v) is 5.49. The summed E-state index contributed by atoms with van der Waals surface area (Å²) >= 11 is 1.18. The number of aromatic carboxylic acids is 1. The molecule has 0 aromatic carbocycles. The molecule has 124 valence electrons. The van der Waals surface area contributed by atoms with E-state index in [0.29, 0.717) is 32.5 Å². The van der Waals surface area contributed by atoms with Crippen LogP contribution >= 0.6 is 11.3 Å². The summed E-state index contributed by atoms with van der Waals surface area (Å²) in [6, 6.07) is 3.28. The molecule has 1 aromatic rings. The van der Waals surface area contributed by atoms with E-state index in [4.69, 9.17) is 5.11 Å². The van der Waals surface area contributed by atoms with Gasteiger partial charge in [0.2, 0.25) is 11.8 Å². The Morgan fingerprint density at radius 1 is 1.13 bits per heavy atom. The van der Waals surface area contributed by atoms with Gasteiger partial charge in [-0.3, -0.25) is 9.59 Å². The highest BCUT2D eigenvalue weighted by molar-refractivity contribution is 7.13. The number of hydrogen-bond donors (Lipinski definition) is 2. The van der Waals surface area contributed by atoms with Gasteiger partial charge in [0.1, 0.15) is 4.88 Å². The van der Waals surface area contributed by atoms with Gasteiger partial charge in [-0.05, 0) is 37.8 Å². The van der Waals surface area contributed by atoms with E-state index in [-0.39, 0.29) is 28.5 Å². The first-order valence-electron chi connectivity index (χ1n) is 7.93. The molecule has 1 saturated heterocycles. The lowest BCUT2D eigenvalue weighted by Crippen LogP contribution is -2.43. The van der Waals surface area contributed by atoms with Crippen molar-refractivity contribution in [1.82, 2.24) is 10.2 Å². The second-order valence-electron chi connectivity index (χ2n) is 6.16. The molecule has 6 nitrogen and oxygen atoms in total. The molecule has 7 heteroatoms. The molecule has 1 saturated carbocycles. The van der Waals surface area contributed by atoms with Crippen LogP contribution in [0.5, 0.6) is 0 Å². The van der Waals surface area contributed by atoms with Crippen LogP contribution < -0.4 is 5.32 Å². The van der Waals surface area contributed by atoms with Gasteiger partial charge in [0.05, 0.1) is 6.54 Å². The van der Waals surface area contributed by atoms with Crippen LogP contribution in [0.4, 0.5) is 0 Å². The molecule has 1 aliphatic carbocycles. The molecule has 2 amide bonds. The van der Waals surface area contributed by atoms with Crippen LogP contribution in [-0.4, -0.2) is 40.9 Å². The van der Waals surface area contributed by atoms with Crippen LogP contribution in [0.15, 0.2) is 12.1 Å². The van der Waals surface area contributed by atoms with Crippen molar-refractivity contribution in [1.29, 1.82) is 0 Å². The third kappa shape index (κ3) is 3.90. The maximum absolute atomic E-state index is 12.2. The van der Waals surface area contributed by atoms with Gasteiger partial charge in [0, 0.05) is 29.8 Å². The second kappa shape index (κ2) is 6.70. The van der Waals surface area contributed by atoms with Crippen LogP contribution in [0, 0.1) is 11.8 Å². The van der Waals surface area contributed by atoms with Crippen LogP contribution in [-0.2, 0) is 16.1 Å². The first-order valence-corrected chi connectivity index (χ1v) is 8.74. The number of carbonyl (C=O) groups excluding carboxylic acids is 2. The van der Waals surface area contributed by atoms with Crippen molar-refractivity contribution in [2.45, 2.75) is 32.2 Å². The largest absolute Gasteiger partial charge is 0.477 e. The van der Waals surface area contributed by atoms with Crippen LogP contribution in [0.2, 0.25) is 0 Å². The van der Waals surface area contributed by atoms with E-state index in [2.05, 4.69) is 5.32 Å². The zero-order valence-corrected chi connectivity index (χ0v) is 13.6. The predicted molar refractivity (Wildman–Crippen MR) is 85.2 cm³/mol. The van der Waals surface area contributed by atoms with Crippen LogP contribution in [0.3, 0.4) is 0 Å². The fourth-order valence-corrected chi connectivity index (χ4v) is 3.64. The van der Waals surface area contributed by atoms with Gasteiger partial charge in [0.25, 0.3) is 0 Å². The minimum Gasteiger partial charge on any atom is -0.477 e. The summed E-state index contributed by atoms with van der Waals surface area (Å²) in [5.41, 5.74) is 0. The highest BCUT2D eigenvalue weighted by atomic mass is 32.1. The van der Waals surface area contributed by atoms with E-state index in [1.165, 1.54) is 11.3 Å². The Balaban J connectivity index is 1.43. The summed E-state index contributed by atoms with van der Waals surface area (Å²) in [5, 5.41) is 11.8. The maximum Gasteiger partial charge on any atom is 0.345 e. The Morgan fingerprint density at radius 2 is 1.83 bits per heavy atom. The molecule has 0 unspecified atom stereocenters. The van der Waals surface area contributed by atoms with E-state index >= 15 is 0 Å². The number of nitrogens with one attached hydrogen (secondary N) is 1. The van der Waals surface area contributed by atoms with E-state index in [1.54, 1.807) is 12.1 Å². The van der Waals surface area contributed by atoms with Gasteiger partial charge >= 0.3 is 5.97 Å². The molecule has 1 aromatic heterocycles. The van der Waals surface area contributed by atoms with Gasteiger partial charge in [-0.1, -0.05) is 0 Å². The number of amides is 2. The molecule has 0 bridgehead atoms. The Kier molecular flexibility index (Phi) is 4.66. The fraction of sp³-hybridized carbons (Fsp3) is 0.562. The summed E-state index contributed by atoms with van der Waals surface area (Å²) in [7, 11) is 0. The lowest BCUT2D eigenvalue weighted by molar-refractivity contribution is -0.136. The monoisotopic (exact) mass is 336 g/mol. The normalized spacial score (nSPS) is 18.7. The Bertz CT molecular complexity index is 615. The summed E-state index contributed by atoms with van der Waals surface area (Å²) in [6.07, 6.45) is 3.43. The first-order chi connectivity index (χ1) is 11.0. The van der Waals surface area contributed by atoms with E-state index in [9.17, 15) is 14.4 Å². The molecular weight excluding hydrogens is 316 g/mol. The fourth-order valence-electron chi connectivity index (χ4n) is 2.86. The number of likely N-dealkylation sites (tertiary alicyclic amines) is 1. The van der Waals surface area contributed by atoms with Crippen molar-refractivity contribution in [2.75, 3.05) is 13.1 Å². The molecule has 2 fully saturated rings. The van der Waals surface area contributed by atoms with Crippen molar-refractivity contribution in [3.63, 3.8) is 0 Å². The lowest BCUT2D eigenvalue weighted by atomic mass is 9.95. The Labute approximate surface area is 138 Å². The number of piperidine rings is 1. The smallest absolute Gasteiger partial charge is 0.345 e. The molecule has 0 spiro atoms. The number of rotatable bonds is 5. The van der Waals surface area contributed by atoms with E-state index in [0.717, 1.165) is 17.7 Å². The van der Waals surface area contributed by atoms with Gasteiger partial charge in [-0.25, -0.2) is 4.79 Å². The summed E-state index contributed by atoms with van der Waals surface area (Å²) in [4.78, 5) is 38.0. The quantitative estimate of drug-likeness (QED) is 0.857. The number of carboxylic acids is 1. The number of nitrogens with zero attached hydrogens (tertiary/aromatic N) is 1. The average molecular weight is 336 g/mol. The number of hydrogen-bond acceptors (Lipinski definition) is 4. The average Bonchev–Trinajstić information content (AvgIpc) is 3.29. The van der Waals surface area contributed by atoms with Crippen LogP contribution in [0.25, 0.3) is 0 Å². The Morgan fingerprint density at radius 3 is 2.39 bits per heavy atom. The van der Waals surface area contributed by atoms with Crippen molar-refractivity contribution in [3.05, 3.63) is 21.9 Å². The predicted octanol–water partition coefficient (Wildman–Crippen LogP) is 1.71. The third-order valence-electron chi connectivity index (χ3n) is 4.41. The minimum absolute atomic E-state index is 0.00574. The molecule has 1 aliphatic heterocycles. The summed E-state index contributed by atoms with van der Waals surface area (Å²) in [6.45, 7) is 1.68. The molecule has 3 rings (SSSR count). The summed E-state index contributed by atoms with van der Waals surface area (Å²) < 4.78 is 0. The van der Waals surface area contributed by atoms with Crippen molar-refractivity contribution < 1.29 is 19.5 Å². The maximum atomic E-state index is 12.2. The molecule has 2 N–H and O–H groups in total. The molecule has 2 aliphatic rings. The van der Waals surface area contributed by atoms with Crippen molar-refractivity contribution >= 4 is 29.1 Å². The van der Waals surface area contributed by atoms with Gasteiger partial charge in [-0.2, -0.15) is 0 Å². The zero-order valence-electron chi connectivity index (χ0n) is 12.8. The molecular formula is C16H20N2O4S. The van der Waals surface area contributed by atoms with Crippen molar-refractivity contribution in [2.24, 2.45) is 11.8 Å². The molecule has 0 radical (unpaired) electrons. The lowest BCUT2D eigenvalue weighted by Gasteiger charge is -2.31. The number of carboxylic acid groups (broad SMARTS) is 1. The van der Waals surface area contributed by atoms with Gasteiger partial charge in [-0.15, -0.1) is 11.3 Å². The van der Waals surface area contributed by atoms with E-state index in [1.807, 2.05) is 4.90 Å². The second-order valence-corrected chi connectivity index (χ2v) is 7.33. The Hall–Kier alpha value is -1.89. The van der Waals surface area contributed by atoms with Crippen LogP contribution in [0.1, 0.15) is 40.2 Å². The molecule has 2 heterocycles. The van der Waals surface area contributed by atoms with Gasteiger partial charge < -0.3 is 15.3 Å². The first kappa shape index (κ1) is 16.0. The van der Waals surface area contributed by atoms with Gasteiger partial charge in [0.15, 0.2) is 0 Å². The van der Waals surface area contributed by atoms with Crippen molar-refractivity contribution in [3.8, 4) is 0 Å². The highest BCUT2D eigenvalue weighted by Crippen LogP contribution is 2.32. The molecule has 0 atom stereocenters. The molecule has 23 heavy (non-hydrogen) atoms. The van der Waals surface area contributed by atoms with E-state index < -0.39 is 5.97 Å². The zero-order chi connectivity index (χ0) is 16.4.